The summed E-state index contributed by atoms with van der Waals surface area (Å²) in [4.78, 5) is 0. The van der Waals surface area contributed by atoms with E-state index in [1.54, 1.807) is 12.1 Å². The molecule has 150 valence electrons. The minimum atomic E-state index is -1.56. The van der Waals surface area contributed by atoms with Gasteiger partial charge in [-0.1, -0.05) is 48.0 Å². The van der Waals surface area contributed by atoms with Gasteiger partial charge in [0.1, 0.15) is 5.82 Å². The third-order valence-electron chi connectivity index (χ3n) is 5.52. The highest BCUT2D eigenvalue weighted by Gasteiger charge is 2.55. The van der Waals surface area contributed by atoms with Gasteiger partial charge in [-0.3, -0.25) is 0 Å². The zero-order chi connectivity index (χ0) is 21.3. The first kappa shape index (κ1) is 20.1. The molecule has 3 atom stereocenters. The van der Waals surface area contributed by atoms with Gasteiger partial charge >= 0.3 is 0 Å². The maximum Gasteiger partial charge on any atom is 0.227 e. The number of nitrogens with zero attached hydrogens (tertiary/aromatic N) is 2. The Labute approximate surface area is 180 Å². The fraction of sp³-hybridized carbons (Fsp3) is 0.167. The van der Waals surface area contributed by atoms with Crippen LogP contribution >= 0.6 is 12.6 Å². The van der Waals surface area contributed by atoms with E-state index in [-0.39, 0.29) is 5.82 Å². The number of nitriles is 1. The molecule has 1 aromatic heterocycles. The van der Waals surface area contributed by atoms with Crippen molar-refractivity contribution in [1.29, 1.82) is 5.26 Å². The first-order chi connectivity index (χ1) is 14.4. The Bertz CT molecular complexity index is 1120. The Balaban J connectivity index is 1.99. The normalized spacial score (nSPS) is 23.6. The molecule has 1 aliphatic rings. The van der Waals surface area contributed by atoms with Crippen LogP contribution in [0.2, 0.25) is 0 Å². The van der Waals surface area contributed by atoms with E-state index in [9.17, 15) is 14.8 Å². The second-order valence-corrected chi connectivity index (χ2v) is 7.88. The minimum absolute atomic E-state index is 0.294. The molecule has 4 nitrogen and oxygen atoms in total. The number of aliphatic hydroxyl groups is 1. The van der Waals surface area contributed by atoms with Crippen molar-refractivity contribution in [2.75, 3.05) is 0 Å². The number of allylic oxidation sites excluding steroid dienone is 1. The molecular formula is C24H21FN3OS+. The van der Waals surface area contributed by atoms with Crippen molar-refractivity contribution in [3.63, 3.8) is 0 Å². The van der Waals surface area contributed by atoms with Gasteiger partial charge in [0.2, 0.25) is 11.8 Å². The maximum absolute atomic E-state index is 13.6. The molecule has 0 amide bonds. The second-order valence-electron chi connectivity index (χ2n) is 7.43. The van der Waals surface area contributed by atoms with E-state index in [1.807, 2.05) is 66.3 Å². The lowest BCUT2D eigenvalue weighted by Crippen LogP contribution is -2.62. The first-order valence-corrected chi connectivity index (χ1v) is 10.0. The van der Waals surface area contributed by atoms with Gasteiger partial charge in [0.15, 0.2) is 12.4 Å². The Morgan fingerprint density at radius 1 is 1.07 bits per heavy atom. The van der Waals surface area contributed by atoms with Crippen molar-refractivity contribution in [3.05, 3.63) is 112 Å². The predicted molar refractivity (Wildman–Crippen MR) is 115 cm³/mol. The van der Waals surface area contributed by atoms with Crippen molar-refractivity contribution in [2.24, 2.45) is 0 Å². The van der Waals surface area contributed by atoms with Gasteiger partial charge in [-0.15, -0.1) is 12.6 Å². The summed E-state index contributed by atoms with van der Waals surface area (Å²) < 4.78 is 15.5. The molecule has 4 rings (SSSR count). The summed E-state index contributed by atoms with van der Waals surface area (Å²) >= 11 is 4.51. The molecule has 30 heavy (non-hydrogen) atoms. The van der Waals surface area contributed by atoms with E-state index in [0.717, 1.165) is 5.56 Å². The monoisotopic (exact) mass is 418 g/mol. The SMILES string of the molecule is Cc1ccc([C@]2(O)NC(S)=C(C#N)[C@H](c3ccc(F)cc3)[C@H]2[n+]2ccccc2)cc1. The summed E-state index contributed by atoms with van der Waals surface area (Å²) in [5.74, 6) is -0.915. The number of benzene rings is 2. The number of thiol groups is 1. The van der Waals surface area contributed by atoms with Crippen LogP contribution in [0.4, 0.5) is 4.39 Å². The number of pyridine rings is 1. The van der Waals surface area contributed by atoms with Crippen molar-refractivity contribution < 1.29 is 14.1 Å². The van der Waals surface area contributed by atoms with Crippen LogP contribution in [0, 0.1) is 24.1 Å². The molecule has 2 heterocycles. The summed E-state index contributed by atoms with van der Waals surface area (Å²) in [5.41, 5.74) is 1.24. The molecule has 6 heteroatoms. The topological polar surface area (TPSA) is 59.9 Å². The Kier molecular flexibility index (Phi) is 5.33. The molecule has 0 saturated carbocycles. The van der Waals surface area contributed by atoms with E-state index in [0.29, 0.717) is 21.7 Å². The van der Waals surface area contributed by atoms with E-state index >= 15 is 0 Å². The smallest absolute Gasteiger partial charge is 0.227 e. The highest BCUT2D eigenvalue weighted by molar-refractivity contribution is 7.84. The lowest BCUT2D eigenvalue weighted by atomic mass is 9.75. The number of hydrogen-bond donors (Lipinski definition) is 3. The van der Waals surface area contributed by atoms with Crippen LogP contribution in [0.5, 0.6) is 0 Å². The van der Waals surface area contributed by atoms with Gasteiger partial charge in [-0.05, 0) is 24.6 Å². The van der Waals surface area contributed by atoms with Gasteiger partial charge in [-0.2, -0.15) is 9.83 Å². The molecule has 0 bridgehead atoms. The van der Waals surface area contributed by atoms with Crippen LogP contribution in [0.15, 0.2) is 89.7 Å². The highest BCUT2D eigenvalue weighted by atomic mass is 32.1. The quantitative estimate of drug-likeness (QED) is 0.447. The van der Waals surface area contributed by atoms with Gasteiger partial charge in [0.25, 0.3) is 0 Å². The van der Waals surface area contributed by atoms with Crippen LogP contribution in [-0.4, -0.2) is 5.11 Å². The molecule has 0 aliphatic carbocycles. The Morgan fingerprint density at radius 3 is 2.30 bits per heavy atom. The molecular weight excluding hydrogens is 397 g/mol. The summed E-state index contributed by atoms with van der Waals surface area (Å²) in [5, 5.41) is 25.3. The fourth-order valence-electron chi connectivity index (χ4n) is 4.05. The highest BCUT2D eigenvalue weighted by Crippen LogP contribution is 2.47. The summed E-state index contributed by atoms with van der Waals surface area (Å²) in [6.45, 7) is 1.98. The molecule has 2 aromatic carbocycles. The lowest BCUT2D eigenvalue weighted by Gasteiger charge is -2.42. The van der Waals surface area contributed by atoms with E-state index in [2.05, 4.69) is 24.0 Å². The van der Waals surface area contributed by atoms with E-state index in [4.69, 9.17) is 0 Å². The molecule has 0 fully saturated rings. The summed E-state index contributed by atoms with van der Waals surface area (Å²) in [6.07, 6.45) is 3.70. The van der Waals surface area contributed by atoms with Crippen LogP contribution in [-0.2, 0) is 5.72 Å². The average Bonchev–Trinajstić information content (AvgIpc) is 2.75. The van der Waals surface area contributed by atoms with E-state index in [1.165, 1.54) is 12.1 Å². The number of aromatic nitrogens is 1. The second kappa shape index (κ2) is 7.94. The molecule has 0 radical (unpaired) electrons. The van der Waals surface area contributed by atoms with Crippen LogP contribution in [0.1, 0.15) is 28.7 Å². The predicted octanol–water partition coefficient (Wildman–Crippen LogP) is 3.86. The van der Waals surface area contributed by atoms with Crippen molar-refractivity contribution in [3.8, 4) is 6.07 Å². The zero-order valence-corrected chi connectivity index (χ0v) is 17.2. The molecule has 0 spiro atoms. The summed E-state index contributed by atoms with van der Waals surface area (Å²) in [7, 11) is 0. The standard InChI is InChI=1S/C24H20FN3OS/c1-16-5-9-18(10-6-16)24(29)22(28-13-3-2-4-14-28)21(20(15-26)23(30)27-24)17-7-11-19(25)12-8-17/h2-14,21-22,27,29H,1H3/p+1/t21-,22+,24+/m0/s1. The third-order valence-corrected chi connectivity index (χ3v) is 5.87. The van der Waals surface area contributed by atoms with Crippen molar-refractivity contribution in [1.82, 2.24) is 5.32 Å². The van der Waals surface area contributed by atoms with Gasteiger partial charge in [-0.25, -0.2) is 4.39 Å². The number of hydrogen-bond acceptors (Lipinski definition) is 4. The fourth-order valence-corrected chi connectivity index (χ4v) is 4.41. The molecule has 0 saturated heterocycles. The summed E-state index contributed by atoms with van der Waals surface area (Å²) in [6, 6.07) is 20.8. The minimum Gasteiger partial charge on any atom is -0.362 e. The van der Waals surface area contributed by atoms with E-state index < -0.39 is 17.7 Å². The Hall–Kier alpha value is -3.14. The molecule has 3 aromatic rings. The molecule has 0 unspecified atom stereocenters. The largest absolute Gasteiger partial charge is 0.362 e. The third kappa shape index (κ3) is 3.47. The van der Waals surface area contributed by atoms with Crippen LogP contribution in [0.3, 0.4) is 0 Å². The average molecular weight is 419 g/mol. The molecule has 2 N–H and O–H groups in total. The van der Waals surface area contributed by atoms with Crippen LogP contribution in [0.25, 0.3) is 0 Å². The maximum atomic E-state index is 13.6. The van der Waals surface area contributed by atoms with Crippen molar-refractivity contribution >= 4 is 12.6 Å². The van der Waals surface area contributed by atoms with Crippen molar-refractivity contribution in [2.45, 2.75) is 24.6 Å². The number of halogens is 1. The van der Waals surface area contributed by atoms with Gasteiger partial charge < -0.3 is 10.4 Å². The number of nitrogens with one attached hydrogen (secondary N) is 1. The zero-order valence-electron chi connectivity index (χ0n) is 16.3. The first-order valence-electron chi connectivity index (χ1n) is 9.56. The van der Waals surface area contributed by atoms with Crippen LogP contribution < -0.4 is 9.88 Å². The lowest BCUT2D eigenvalue weighted by molar-refractivity contribution is -0.743. The van der Waals surface area contributed by atoms with Gasteiger partial charge in [0, 0.05) is 17.7 Å². The molecule has 1 aliphatic heterocycles. The number of rotatable bonds is 3. The Morgan fingerprint density at radius 2 is 1.70 bits per heavy atom. The van der Waals surface area contributed by atoms with Gasteiger partial charge in [0.05, 0.1) is 22.6 Å². The number of aryl methyl sites for hydroxylation is 1.